The van der Waals surface area contributed by atoms with E-state index in [2.05, 4.69) is 4.74 Å². The van der Waals surface area contributed by atoms with Gasteiger partial charge < -0.3 is 4.74 Å². The van der Waals surface area contributed by atoms with Gasteiger partial charge in [-0.25, -0.2) is 4.79 Å². The van der Waals surface area contributed by atoms with Gasteiger partial charge in [-0.05, 0) is 18.2 Å². The highest BCUT2D eigenvalue weighted by atomic mass is 35.5. The van der Waals surface area contributed by atoms with Gasteiger partial charge in [-0.3, -0.25) is 0 Å². The maximum Gasteiger partial charge on any atom is 0.416 e. The summed E-state index contributed by atoms with van der Waals surface area (Å²) in [6.07, 6.45) is 0.220. The smallest absolute Gasteiger partial charge is 0.415 e. The van der Waals surface area contributed by atoms with Crippen molar-refractivity contribution < 1.29 is 22.7 Å². The van der Waals surface area contributed by atoms with E-state index >= 15 is 0 Å². The lowest BCUT2D eigenvalue weighted by Gasteiger charge is -2.08. The maximum atomic E-state index is 12.2. The molecule has 1 rings (SSSR count). The Labute approximate surface area is 94.0 Å². The molecule has 0 saturated carbocycles. The Morgan fingerprint density at radius 3 is 2.50 bits per heavy atom. The van der Waals surface area contributed by atoms with Crippen LogP contribution in [0.3, 0.4) is 0 Å². The maximum absolute atomic E-state index is 12.2. The number of terminal acetylenes is 1. The van der Waals surface area contributed by atoms with Crippen molar-refractivity contribution in [3.05, 3.63) is 28.8 Å². The Balaban J connectivity index is 3.02. The van der Waals surface area contributed by atoms with E-state index < -0.39 is 17.7 Å². The minimum Gasteiger partial charge on any atom is -0.415 e. The second-order valence-corrected chi connectivity index (χ2v) is 3.08. The third-order valence-electron chi connectivity index (χ3n) is 1.58. The van der Waals surface area contributed by atoms with Gasteiger partial charge in [0, 0.05) is 5.92 Å². The van der Waals surface area contributed by atoms with Crippen LogP contribution in [0.2, 0.25) is 5.02 Å². The van der Waals surface area contributed by atoms with E-state index in [0.29, 0.717) is 6.07 Å². The molecule has 0 aliphatic rings. The zero-order valence-corrected chi connectivity index (χ0v) is 8.39. The van der Waals surface area contributed by atoms with Crippen LogP contribution in [0, 0.1) is 12.3 Å². The average molecular weight is 249 g/mol. The number of ether oxygens (including phenoxy) is 1. The molecule has 0 aliphatic carbocycles. The second kappa shape index (κ2) is 4.45. The summed E-state index contributed by atoms with van der Waals surface area (Å²) in [5.74, 6) is 0.407. The molecular weight excluding hydrogens is 245 g/mol. The van der Waals surface area contributed by atoms with Crippen LogP contribution in [0.15, 0.2) is 18.2 Å². The summed E-state index contributed by atoms with van der Waals surface area (Å²) in [6, 6.07) is 2.33. The normalized spacial score (nSPS) is 10.7. The molecule has 1 aromatic rings. The zero-order chi connectivity index (χ0) is 12.3. The van der Waals surface area contributed by atoms with Crippen molar-refractivity contribution in [2.45, 2.75) is 6.18 Å². The van der Waals surface area contributed by atoms with Crippen molar-refractivity contribution in [3.63, 3.8) is 0 Å². The molecule has 2 nitrogen and oxygen atoms in total. The van der Waals surface area contributed by atoms with Crippen LogP contribution in [0.5, 0.6) is 5.75 Å². The molecule has 0 aromatic heterocycles. The Morgan fingerprint density at radius 2 is 2.06 bits per heavy atom. The van der Waals surface area contributed by atoms with Gasteiger partial charge in [0.05, 0.1) is 10.6 Å². The minimum absolute atomic E-state index is 0.211. The number of esters is 1. The number of rotatable bonds is 1. The lowest BCUT2D eigenvalue weighted by atomic mass is 10.2. The van der Waals surface area contributed by atoms with Gasteiger partial charge in [-0.1, -0.05) is 11.6 Å². The molecule has 0 bridgehead atoms. The van der Waals surface area contributed by atoms with Gasteiger partial charge in [0.1, 0.15) is 0 Å². The first-order valence-electron chi connectivity index (χ1n) is 3.90. The second-order valence-electron chi connectivity index (χ2n) is 2.68. The van der Waals surface area contributed by atoms with Crippen LogP contribution in [0.1, 0.15) is 5.56 Å². The van der Waals surface area contributed by atoms with Crippen LogP contribution in [-0.2, 0) is 11.0 Å². The lowest BCUT2D eigenvalue weighted by molar-refractivity contribution is -0.137. The number of benzene rings is 1. The molecular formula is C10H4ClF3O2. The Hall–Kier alpha value is -1.67. The van der Waals surface area contributed by atoms with Gasteiger partial charge in [0.2, 0.25) is 0 Å². The first-order chi connectivity index (χ1) is 7.34. The monoisotopic (exact) mass is 248 g/mol. The van der Waals surface area contributed by atoms with Crippen molar-refractivity contribution in [1.82, 2.24) is 0 Å². The molecule has 0 atom stereocenters. The molecule has 6 heteroatoms. The van der Waals surface area contributed by atoms with E-state index in [4.69, 9.17) is 18.0 Å². The molecule has 0 unspecified atom stereocenters. The quantitative estimate of drug-likeness (QED) is 0.331. The van der Waals surface area contributed by atoms with Crippen LogP contribution in [-0.4, -0.2) is 5.97 Å². The van der Waals surface area contributed by atoms with E-state index in [1.54, 1.807) is 5.92 Å². The van der Waals surface area contributed by atoms with Crippen molar-refractivity contribution >= 4 is 17.6 Å². The zero-order valence-electron chi connectivity index (χ0n) is 7.64. The first-order valence-corrected chi connectivity index (χ1v) is 4.27. The van der Waals surface area contributed by atoms with Crippen LogP contribution in [0.4, 0.5) is 13.2 Å². The summed E-state index contributed by atoms with van der Waals surface area (Å²) in [4.78, 5) is 10.7. The average Bonchev–Trinajstić information content (AvgIpc) is 2.19. The Kier molecular flexibility index (Phi) is 3.45. The minimum atomic E-state index is -4.50. The fourth-order valence-corrected chi connectivity index (χ4v) is 1.11. The van der Waals surface area contributed by atoms with E-state index in [0.717, 1.165) is 12.1 Å². The number of hydrogen-bond acceptors (Lipinski definition) is 2. The number of alkyl halides is 3. The predicted octanol–water partition coefficient (Wildman–Crippen LogP) is 2.90. The van der Waals surface area contributed by atoms with Gasteiger partial charge in [-0.2, -0.15) is 13.2 Å². The number of carbonyl (C=O) groups is 1. The molecule has 16 heavy (non-hydrogen) atoms. The van der Waals surface area contributed by atoms with Crippen molar-refractivity contribution in [2.24, 2.45) is 0 Å². The number of halogens is 4. The largest absolute Gasteiger partial charge is 0.416 e. The van der Waals surface area contributed by atoms with Gasteiger partial charge in [-0.15, -0.1) is 6.42 Å². The summed E-state index contributed by atoms with van der Waals surface area (Å²) in [7, 11) is 0. The van der Waals surface area contributed by atoms with Crippen molar-refractivity contribution in [3.8, 4) is 18.1 Å². The molecule has 0 fully saturated rings. The third kappa shape index (κ3) is 2.91. The molecule has 0 saturated heterocycles. The van der Waals surface area contributed by atoms with Crippen molar-refractivity contribution in [1.29, 1.82) is 0 Å². The molecule has 0 spiro atoms. The first kappa shape index (κ1) is 12.4. The summed E-state index contributed by atoms with van der Waals surface area (Å²) >= 11 is 5.49. The van der Waals surface area contributed by atoms with Gasteiger partial charge in [0.25, 0.3) is 0 Å². The molecule has 84 valence electrons. The number of hydrogen-bond donors (Lipinski definition) is 0. The molecule has 0 amide bonds. The SMILES string of the molecule is C#CC(=O)Oc1ccc(C(F)(F)F)cc1Cl. The highest BCUT2D eigenvalue weighted by Crippen LogP contribution is 2.34. The number of carbonyl (C=O) groups excluding carboxylic acids is 1. The standard InChI is InChI=1S/C10H4ClF3O2/c1-2-9(15)16-8-4-3-6(5-7(8)11)10(12,13)14/h1,3-5H. The fraction of sp³-hybridized carbons (Fsp3) is 0.100. The summed E-state index contributed by atoms with van der Waals surface area (Å²) in [5.41, 5.74) is -0.932. The highest BCUT2D eigenvalue weighted by molar-refractivity contribution is 6.32. The van der Waals surface area contributed by atoms with E-state index in [9.17, 15) is 18.0 Å². The van der Waals surface area contributed by atoms with Gasteiger partial charge >= 0.3 is 12.1 Å². The van der Waals surface area contributed by atoms with Crippen LogP contribution < -0.4 is 4.74 Å². The predicted molar refractivity (Wildman–Crippen MR) is 50.9 cm³/mol. The van der Waals surface area contributed by atoms with Crippen molar-refractivity contribution in [2.75, 3.05) is 0 Å². The summed E-state index contributed by atoms with van der Waals surface area (Å²) < 4.78 is 41.2. The molecule has 0 N–H and O–H groups in total. The summed E-state index contributed by atoms with van der Waals surface area (Å²) in [6.45, 7) is 0. The van der Waals surface area contributed by atoms with E-state index in [1.807, 2.05) is 0 Å². The summed E-state index contributed by atoms with van der Waals surface area (Å²) in [5, 5.41) is -0.335. The Bertz CT molecular complexity index is 460. The molecule has 0 aliphatic heterocycles. The molecule has 0 heterocycles. The van der Waals surface area contributed by atoms with E-state index in [1.165, 1.54) is 0 Å². The fourth-order valence-electron chi connectivity index (χ4n) is 0.889. The molecule has 1 aromatic carbocycles. The van der Waals surface area contributed by atoms with E-state index in [-0.39, 0.29) is 10.8 Å². The topological polar surface area (TPSA) is 26.3 Å². The van der Waals surface area contributed by atoms with Crippen LogP contribution in [0.25, 0.3) is 0 Å². The van der Waals surface area contributed by atoms with Gasteiger partial charge in [0.15, 0.2) is 5.75 Å². The lowest BCUT2D eigenvalue weighted by Crippen LogP contribution is -2.07. The Morgan fingerprint density at radius 1 is 1.44 bits per heavy atom. The van der Waals surface area contributed by atoms with Crippen LogP contribution >= 0.6 is 11.6 Å². The third-order valence-corrected chi connectivity index (χ3v) is 1.88. The highest BCUT2D eigenvalue weighted by Gasteiger charge is 2.31. The molecule has 0 radical (unpaired) electrons.